The van der Waals surface area contributed by atoms with Gasteiger partial charge in [-0.1, -0.05) is 36.6 Å². The van der Waals surface area contributed by atoms with Crippen molar-refractivity contribution in [1.82, 2.24) is 5.32 Å². The lowest BCUT2D eigenvalue weighted by Gasteiger charge is -2.32. The van der Waals surface area contributed by atoms with Crippen LogP contribution < -0.4 is 5.32 Å². The van der Waals surface area contributed by atoms with Gasteiger partial charge in [0.1, 0.15) is 0 Å². The van der Waals surface area contributed by atoms with Gasteiger partial charge in [0.25, 0.3) is 0 Å². The summed E-state index contributed by atoms with van der Waals surface area (Å²) in [6.45, 7) is 0.587. The van der Waals surface area contributed by atoms with E-state index in [2.05, 4.69) is 5.32 Å². The SMILES string of the molecule is COCC[C@@H](CC1(C(=O)N[C@@H](COCc2ccc(Cl)cc2)CC(=O)O)CCCC1)C(=O)O. The fourth-order valence-electron chi connectivity index (χ4n) is 4.22. The van der Waals surface area contributed by atoms with Crippen LogP contribution in [0.1, 0.15) is 50.5 Å². The van der Waals surface area contributed by atoms with E-state index >= 15 is 0 Å². The van der Waals surface area contributed by atoms with Crippen LogP contribution in [0.3, 0.4) is 0 Å². The van der Waals surface area contributed by atoms with Crippen molar-refractivity contribution in [3.63, 3.8) is 0 Å². The first-order valence-electron chi connectivity index (χ1n) is 10.8. The van der Waals surface area contributed by atoms with Gasteiger partial charge in [-0.05, 0) is 43.4 Å². The number of methoxy groups -OCH3 is 1. The molecule has 32 heavy (non-hydrogen) atoms. The molecule has 1 fully saturated rings. The Morgan fingerprint density at radius 3 is 2.38 bits per heavy atom. The highest BCUT2D eigenvalue weighted by Gasteiger charge is 2.44. The van der Waals surface area contributed by atoms with Crippen LogP contribution in [0.15, 0.2) is 24.3 Å². The number of nitrogens with one attached hydrogen (secondary N) is 1. The highest BCUT2D eigenvalue weighted by Crippen LogP contribution is 2.44. The summed E-state index contributed by atoms with van der Waals surface area (Å²) in [4.78, 5) is 36.3. The van der Waals surface area contributed by atoms with Crippen molar-refractivity contribution in [2.75, 3.05) is 20.3 Å². The molecule has 0 unspecified atom stereocenters. The molecule has 0 aromatic heterocycles. The Morgan fingerprint density at radius 2 is 1.81 bits per heavy atom. The van der Waals surface area contributed by atoms with Gasteiger partial charge in [0.05, 0.1) is 37.0 Å². The Bertz CT molecular complexity index is 762. The summed E-state index contributed by atoms with van der Waals surface area (Å²) in [5.41, 5.74) is 0.0634. The van der Waals surface area contributed by atoms with Gasteiger partial charge in [-0.25, -0.2) is 0 Å². The van der Waals surface area contributed by atoms with Crippen LogP contribution >= 0.6 is 11.6 Å². The molecular weight excluding hydrogens is 438 g/mol. The third kappa shape index (κ3) is 8.07. The van der Waals surface area contributed by atoms with Crippen LogP contribution in [0.2, 0.25) is 5.02 Å². The number of carboxylic acids is 2. The molecule has 1 saturated carbocycles. The molecule has 0 spiro atoms. The molecule has 0 bridgehead atoms. The van der Waals surface area contributed by atoms with Gasteiger partial charge < -0.3 is 25.0 Å². The quantitative estimate of drug-likeness (QED) is 0.381. The average Bonchev–Trinajstić information content (AvgIpc) is 3.22. The molecule has 0 heterocycles. The lowest BCUT2D eigenvalue weighted by atomic mass is 9.75. The first kappa shape index (κ1) is 26.1. The maximum atomic E-state index is 13.3. The number of benzene rings is 1. The van der Waals surface area contributed by atoms with Crippen molar-refractivity contribution in [2.24, 2.45) is 11.3 Å². The minimum absolute atomic E-state index is 0.0305. The average molecular weight is 470 g/mol. The number of hydrogen-bond donors (Lipinski definition) is 3. The Balaban J connectivity index is 2.03. The minimum Gasteiger partial charge on any atom is -0.481 e. The van der Waals surface area contributed by atoms with Crippen LogP contribution in [0, 0.1) is 11.3 Å². The van der Waals surface area contributed by atoms with Crippen molar-refractivity contribution in [3.8, 4) is 0 Å². The number of amides is 1. The largest absolute Gasteiger partial charge is 0.481 e. The van der Waals surface area contributed by atoms with Crippen molar-refractivity contribution in [3.05, 3.63) is 34.9 Å². The van der Waals surface area contributed by atoms with Crippen LogP contribution in [0.5, 0.6) is 0 Å². The van der Waals surface area contributed by atoms with Crippen molar-refractivity contribution < 1.29 is 34.1 Å². The van der Waals surface area contributed by atoms with E-state index in [-0.39, 0.29) is 32.0 Å². The molecule has 9 heteroatoms. The van der Waals surface area contributed by atoms with E-state index in [9.17, 15) is 24.6 Å². The van der Waals surface area contributed by atoms with E-state index in [0.29, 0.717) is 30.9 Å². The first-order valence-corrected chi connectivity index (χ1v) is 11.2. The molecule has 2 atom stereocenters. The Hall–Kier alpha value is -2.16. The lowest BCUT2D eigenvalue weighted by Crippen LogP contribution is -2.48. The molecule has 1 aromatic carbocycles. The van der Waals surface area contributed by atoms with Crippen molar-refractivity contribution in [2.45, 2.75) is 57.6 Å². The minimum atomic E-state index is -1.05. The number of carboxylic acid groups (broad SMARTS) is 2. The smallest absolute Gasteiger partial charge is 0.306 e. The van der Waals surface area contributed by atoms with Crippen molar-refractivity contribution >= 4 is 29.4 Å². The summed E-state index contributed by atoms with van der Waals surface area (Å²) in [7, 11) is 1.51. The van der Waals surface area contributed by atoms with Gasteiger partial charge in [-0.15, -0.1) is 0 Å². The fraction of sp³-hybridized carbons (Fsp3) is 0.609. The Morgan fingerprint density at radius 1 is 1.16 bits per heavy atom. The van der Waals surface area contributed by atoms with Gasteiger partial charge in [0, 0.05) is 18.7 Å². The second kappa shape index (κ2) is 12.8. The van der Waals surface area contributed by atoms with Gasteiger partial charge >= 0.3 is 11.9 Å². The second-order valence-corrected chi connectivity index (χ2v) is 8.85. The van der Waals surface area contributed by atoms with E-state index in [1.807, 2.05) is 12.1 Å². The summed E-state index contributed by atoms with van der Waals surface area (Å²) in [6.07, 6.45) is 3.09. The molecular formula is C23H32ClNO7. The Labute approximate surface area is 193 Å². The molecule has 8 nitrogen and oxygen atoms in total. The highest BCUT2D eigenvalue weighted by atomic mass is 35.5. The molecule has 0 aliphatic heterocycles. The van der Waals surface area contributed by atoms with Crippen LogP contribution in [0.25, 0.3) is 0 Å². The zero-order valence-electron chi connectivity index (χ0n) is 18.3. The highest BCUT2D eigenvalue weighted by molar-refractivity contribution is 6.30. The predicted molar refractivity (Wildman–Crippen MR) is 118 cm³/mol. The van der Waals surface area contributed by atoms with Crippen LogP contribution in [0.4, 0.5) is 0 Å². The van der Waals surface area contributed by atoms with E-state index in [1.54, 1.807) is 12.1 Å². The second-order valence-electron chi connectivity index (χ2n) is 8.42. The van der Waals surface area contributed by atoms with Crippen LogP contribution in [-0.2, 0) is 30.5 Å². The van der Waals surface area contributed by atoms with Gasteiger partial charge in [0.2, 0.25) is 5.91 Å². The summed E-state index contributed by atoms with van der Waals surface area (Å²) < 4.78 is 10.7. The van der Waals surface area contributed by atoms with E-state index in [4.69, 9.17) is 21.1 Å². The number of rotatable bonds is 14. The number of hydrogen-bond acceptors (Lipinski definition) is 5. The van der Waals surface area contributed by atoms with Gasteiger partial charge in [-0.2, -0.15) is 0 Å². The molecule has 0 radical (unpaired) electrons. The zero-order valence-corrected chi connectivity index (χ0v) is 19.1. The number of ether oxygens (including phenoxy) is 2. The Kier molecular flexibility index (Phi) is 10.4. The maximum absolute atomic E-state index is 13.3. The number of aliphatic carboxylic acids is 2. The predicted octanol–water partition coefficient (Wildman–Crippen LogP) is 3.50. The number of carbonyl (C=O) groups is 3. The molecule has 178 valence electrons. The molecule has 1 amide bonds. The topological polar surface area (TPSA) is 122 Å². The third-order valence-electron chi connectivity index (χ3n) is 5.96. The summed E-state index contributed by atoms with van der Waals surface area (Å²) in [5.74, 6) is -2.98. The monoisotopic (exact) mass is 469 g/mol. The zero-order chi connectivity index (χ0) is 23.6. The summed E-state index contributed by atoms with van der Waals surface area (Å²) in [6, 6.07) is 6.39. The summed E-state index contributed by atoms with van der Waals surface area (Å²) in [5, 5.41) is 22.3. The fourth-order valence-corrected chi connectivity index (χ4v) is 4.35. The number of halogens is 1. The normalized spacial score (nSPS) is 16.9. The lowest BCUT2D eigenvalue weighted by molar-refractivity contribution is -0.145. The molecule has 2 rings (SSSR count). The van der Waals surface area contributed by atoms with Gasteiger partial charge in [-0.3, -0.25) is 14.4 Å². The summed E-state index contributed by atoms with van der Waals surface area (Å²) >= 11 is 5.87. The van der Waals surface area contributed by atoms with Crippen molar-refractivity contribution in [1.29, 1.82) is 0 Å². The molecule has 3 N–H and O–H groups in total. The van der Waals surface area contributed by atoms with E-state index in [0.717, 1.165) is 18.4 Å². The van der Waals surface area contributed by atoms with E-state index in [1.165, 1.54) is 7.11 Å². The van der Waals surface area contributed by atoms with E-state index < -0.39 is 29.3 Å². The van der Waals surface area contributed by atoms with Gasteiger partial charge in [0.15, 0.2) is 0 Å². The molecule has 0 saturated heterocycles. The third-order valence-corrected chi connectivity index (χ3v) is 6.21. The number of carbonyl (C=O) groups excluding carboxylic acids is 1. The first-order chi connectivity index (χ1) is 15.3. The molecule has 1 aliphatic carbocycles. The molecule has 1 aromatic rings. The van der Waals surface area contributed by atoms with Crippen LogP contribution in [-0.4, -0.2) is 54.4 Å². The standard InChI is InChI=1S/C23H32ClNO7/c1-31-11-8-17(21(28)29)13-23(9-2-3-10-23)22(30)25-19(12-20(26)27)15-32-14-16-4-6-18(24)7-5-16/h4-7,17,19H,2-3,8-15H2,1H3,(H,25,30)(H,26,27)(H,28,29)/t17-,19+/m0/s1. The molecule has 1 aliphatic rings. The maximum Gasteiger partial charge on any atom is 0.306 e.